The average molecular weight is 446 g/mol. The summed E-state index contributed by atoms with van der Waals surface area (Å²) in [5.74, 6) is 0.0135. The minimum Gasteiger partial charge on any atom is -0.355 e. The van der Waals surface area contributed by atoms with E-state index in [2.05, 4.69) is 39.6 Å². The van der Waals surface area contributed by atoms with Gasteiger partial charge in [0.15, 0.2) is 0 Å². The van der Waals surface area contributed by atoms with E-state index in [1.807, 2.05) is 30.3 Å². The lowest BCUT2D eigenvalue weighted by Crippen LogP contribution is -2.35. The van der Waals surface area contributed by atoms with Gasteiger partial charge < -0.3 is 15.5 Å². The highest BCUT2D eigenvalue weighted by molar-refractivity contribution is 7.15. The second-order valence-electron chi connectivity index (χ2n) is 7.56. The van der Waals surface area contributed by atoms with Crippen molar-refractivity contribution in [2.75, 3.05) is 31.5 Å². The Hall–Kier alpha value is -2.32. The van der Waals surface area contributed by atoms with Crippen molar-refractivity contribution < 1.29 is 9.59 Å². The monoisotopic (exact) mass is 445 g/mol. The Bertz CT molecular complexity index is 781. The molecule has 170 valence electrons. The molecule has 31 heavy (non-hydrogen) atoms. The fourth-order valence-corrected chi connectivity index (χ4v) is 3.96. The van der Waals surface area contributed by atoms with Gasteiger partial charge in [-0.15, -0.1) is 10.2 Å². The van der Waals surface area contributed by atoms with Crippen molar-refractivity contribution in [2.24, 2.45) is 0 Å². The number of nitrogens with zero attached hydrogens (tertiary/aromatic N) is 3. The minimum atomic E-state index is -0.0955. The molecular formula is C23H35N5O2S. The first kappa shape index (κ1) is 24.9. The Morgan fingerprint density at radius 3 is 2.55 bits per heavy atom. The third-order valence-electron chi connectivity index (χ3n) is 4.99. The van der Waals surface area contributed by atoms with Gasteiger partial charge in [0.05, 0.1) is 6.42 Å². The molecule has 1 heterocycles. The lowest BCUT2D eigenvalue weighted by Gasteiger charge is -2.20. The number of rotatable bonds is 15. The van der Waals surface area contributed by atoms with Gasteiger partial charge in [-0.1, -0.05) is 61.9 Å². The van der Waals surface area contributed by atoms with Crippen LogP contribution in [0, 0.1) is 0 Å². The molecule has 0 saturated carbocycles. The number of carbonyl (C=O) groups excluding carboxylic acids is 2. The maximum absolute atomic E-state index is 12.1. The van der Waals surface area contributed by atoms with E-state index in [0.717, 1.165) is 49.5 Å². The van der Waals surface area contributed by atoms with Crippen molar-refractivity contribution >= 4 is 28.3 Å². The molecule has 1 aromatic heterocycles. The maximum Gasteiger partial charge on any atom is 0.230 e. The third kappa shape index (κ3) is 10.5. The van der Waals surface area contributed by atoms with Crippen molar-refractivity contribution in [3.63, 3.8) is 0 Å². The van der Waals surface area contributed by atoms with Gasteiger partial charge in [-0.25, -0.2) is 0 Å². The normalized spacial score (nSPS) is 10.9. The molecule has 0 aliphatic heterocycles. The Morgan fingerprint density at radius 2 is 1.81 bits per heavy atom. The van der Waals surface area contributed by atoms with Gasteiger partial charge in [0, 0.05) is 25.9 Å². The first-order chi connectivity index (χ1) is 15.1. The summed E-state index contributed by atoms with van der Waals surface area (Å²) in [6.45, 7) is 8.09. The van der Waals surface area contributed by atoms with Crippen LogP contribution in [0.4, 0.5) is 5.13 Å². The van der Waals surface area contributed by atoms with Crippen LogP contribution in [0.1, 0.15) is 56.5 Å². The average Bonchev–Trinajstić information content (AvgIpc) is 3.21. The number of aryl methyl sites for hydroxylation is 1. The molecule has 0 unspecified atom stereocenters. The van der Waals surface area contributed by atoms with Crippen LogP contribution in [0.3, 0.4) is 0 Å². The van der Waals surface area contributed by atoms with E-state index < -0.39 is 0 Å². The van der Waals surface area contributed by atoms with Crippen LogP contribution < -0.4 is 10.6 Å². The number of benzene rings is 1. The number of nitrogens with one attached hydrogen (secondary N) is 2. The van der Waals surface area contributed by atoms with Crippen molar-refractivity contribution in [1.29, 1.82) is 0 Å². The lowest BCUT2D eigenvalue weighted by molar-refractivity contribution is -0.121. The van der Waals surface area contributed by atoms with Gasteiger partial charge in [0.25, 0.3) is 0 Å². The number of anilines is 1. The second kappa shape index (κ2) is 14.6. The summed E-state index contributed by atoms with van der Waals surface area (Å²) in [5.41, 5.74) is 0.964. The zero-order valence-electron chi connectivity index (χ0n) is 18.7. The highest BCUT2D eigenvalue weighted by atomic mass is 32.1. The summed E-state index contributed by atoms with van der Waals surface area (Å²) >= 11 is 1.40. The smallest absolute Gasteiger partial charge is 0.230 e. The Morgan fingerprint density at radius 1 is 1.00 bits per heavy atom. The summed E-state index contributed by atoms with van der Waals surface area (Å²) < 4.78 is 0. The summed E-state index contributed by atoms with van der Waals surface area (Å²) in [6, 6.07) is 9.61. The molecule has 2 N–H and O–H groups in total. The highest BCUT2D eigenvalue weighted by Crippen LogP contribution is 2.18. The van der Waals surface area contributed by atoms with Crippen LogP contribution in [0.25, 0.3) is 0 Å². The molecule has 2 amide bonds. The largest absolute Gasteiger partial charge is 0.355 e. The molecule has 0 bridgehead atoms. The van der Waals surface area contributed by atoms with Gasteiger partial charge in [-0.3, -0.25) is 9.59 Å². The van der Waals surface area contributed by atoms with Crippen LogP contribution in [-0.2, 0) is 22.4 Å². The molecule has 0 aliphatic carbocycles. The number of hydrogen-bond donors (Lipinski definition) is 2. The predicted octanol–water partition coefficient (Wildman–Crippen LogP) is 3.67. The van der Waals surface area contributed by atoms with Gasteiger partial charge >= 0.3 is 0 Å². The summed E-state index contributed by atoms with van der Waals surface area (Å²) in [6.07, 6.45) is 5.69. The molecule has 0 aliphatic rings. The number of likely N-dealkylation sites (N-methyl/N-ethyl adjacent to an activating group) is 1. The molecule has 2 aromatic rings. The molecule has 1 aromatic carbocycles. The van der Waals surface area contributed by atoms with Crippen LogP contribution >= 0.6 is 11.3 Å². The molecule has 0 fully saturated rings. The Kier molecular flexibility index (Phi) is 11.8. The van der Waals surface area contributed by atoms with E-state index in [9.17, 15) is 9.59 Å². The van der Waals surface area contributed by atoms with E-state index in [1.165, 1.54) is 24.2 Å². The maximum atomic E-state index is 12.1. The zero-order valence-corrected chi connectivity index (χ0v) is 19.5. The second-order valence-corrected chi connectivity index (χ2v) is 8.62. The van der Waals surface area contributed by atoms with Crippen LogP contribution in [-0.4, -0.2) is 53.1 Å². The zero-order chi connectivity index (χ0) is 22.3. The summed E-state index contributed by atoms with van der Waals surface area (Å²) in [7, 11) is 0. The standard InChI is InChI=1S/C23H35N5O2S/c1-3-5-16-28(4-2)17-15-24-20(29)13-9-10-14-22-26-27-23(31-22)25-21(30)18-19-11-7-6-8-12-19/h6-8,11-12H,3-5,9-10,13-18H2,1-2H3,(H,24,29)(H,25,27,30). The van der Waals surface area contributed by atoms with Gasteiger partial charge in [-0.05, 0) is 37.9 Å². The quantitative estimate of drug-likeness (QED) is 0.409. The summed E-state index contributed by atoms with van der Waals surface area (Å²) in [5, 5.41) is 15.4. The minimum absolute atomic E-state index is 0.0955. The van der Waals surface area contributed by atoms with E-state index in [4.69, 9.17) is 0 Å². The van der Waals surface area contributed by atoms with Crippen molar-refractivity contribution in [2.45, 2.75) is 58.8 Å². The number of amides is 2. The fourth-order valence-electron chi connectivity index (χ4n) is 3.16. The number of carbonyl (C=O) groups is 2. The van der Waals surface area contributed by atoms with Crippen LogP contribution in [0.5, 0.6) is 0 Å². The van der Waals surface area contributed by atoms with Crippen LogP contribution in [0.15, 0.2) is 30.3 Å². The highest BCUT2D eigenvalue weighted by Gasteiger charge is 2.09. The molecule has 2 rings (SSSR count). The van der Waals surface area contributed by atoms with Gasteiger partial charge in [0.1, 0.15) is 5.01 Å². The SMILES string of the molecule is CCCCN(CC)CCNC(=O)CCCCc1nnc(NC(=O)Cc2ccccc2)s1. The molecule has 0 radical (unpaired) electrons. The van der Waals surface area contributed by atoms with Crippen molar-refractivity contribution in [3.05, 3.63) is 40.9 Å². The molecule has 8 heteroatoms. The topological polar surface area (TPSA) is 87.2 Å². The molecule has 0 spiro atoms. The van der Waals surface area contributed by atoms with E-state index >= 15 is 0 Å². The molecule has 0 atom stereocenters. The van der Waals surface area contributed by atoms with Gasteiger partial charge in [-0.2, -0.15) is 0 Å². The lowest BCUT2D eigenvalue weighted by atomic mass is 10.1. The predicted molar refractivity (Wildman–Crippen MR) is 126 cm³/mol. The fraction of sp³-hybridized carbons (Fsp3) is 0.565. The summed E-state index contributed by atoms with van der Waals surface area (Å²) in [4.78, 5) is 26.5. The number of aromatic nitrogens is 2. The Balaban J connectivity index is 1.58. The first-order valence-electron chi connectivity index (χ1n) is 11.3. The van der Waals surface area contributed by atoms with E-state index in [1.54, 1.807) is 0 Å². The van der Waals surface area contributed by atoms with Gasteiger partial charge in [0.2, 0.25) is 16.9 Å². The van der Waals surface area contributed by atoms with Crippen molar-refractivity contribution in [1.82, 2.24) is 20.4 Å². The molecule has 0 saturated heterocycles. The van der Waals surface area contributed by atoms with E-state index in [-0.39, 0.29) is 11.8 Å². The Labute approximate surface area is 189 Å². The van der Waals surface area contributed by atoms with E-state index in [0.29, 0.717) is 24.5 Å². The number of unbranched alkanes of at least 4 members (excludes halogenated alkanes) is 2. The van der Waals surface area contributed by atoms with Crippen molar-refractivity contribution in [3.8, 4) is 0 Å². The first-order valence-corrected chi connectivity index (χ1v) is 12.1. The molecule has 7 nitrogen and oxygen atoms in total. The molecular weight excluding hydrogens is 410 g/mol. The van der Waals surface area contributed by atoms with Crippen LogP contribution in [0.2, 0.25) is 0 Å². The third-order valence-corrected chi connectivity index (χ3v) is 5.89. The number of hydrogen-bond acceptors (Lipinski definition) is 6.